The zero-order chi connectivity index (χ0) is 17.1. The third-order valence-corrected chi connectivity index (χ3v) is 4.27. The van der Waals surface area contributed by atoms with Crippen LogP contribution in [0.25, 0.3) is 0 Å². The molecule has 1 aromatic rings. The molecule has 0 radical (unpaired) electrons. The molecule has 1 amide bonds. The molecule has 6 nitrogen and oxygen atoms in total. The summed E-state index contributed by atoms with van der Waals surface area (Å²) in [6.07, 6.45) is 2.87. The van der Waals surface area contributed by atoms with E-state index in [0.29, 0.717) is 5.69 Å². The highest BCUT2D eigenvalue weighted by atomic mass is 32.2. The second kappa shape index (κ2) is 11.0. The van der Waals surface area contributed by atoms with Crippen molar-refractivity contribution in [3.8, 4) is 0 Å². The largest absolute Gasteiger partial charge is 0.325 e. The number of nitrogens with zero attached hydrogens (tertiary/aromatic N) is 1. The van der Waals surface area contributed by atoms with Crippen LogP contribution in [0.3, 0.4) is 0 Å². The van der Waals surface area contributed by atoms with Crippen molar-refractivity contribution in [1.29, 1.82) is 0 Å². The van der Waals surface area contributed by atoms with Crippen molar-refractivity contribution < 1.29 is 9.72 Å². The van der Waals surface area contributed by atoms with E-state index in [1.54, 1.807) is 12.1 Å². The fourth-order valence-electron chi connectivity index (χ4n) is 2.02. The Bertz CT molecular complexity index is 484. The Labute approximate surface area is 141 Å². The molecule has 0 saturated heterocycles. The number of benzene rings is 1. The molecule has 0 aliphatic rings. The van der Waals surface area contributed by atoms with E-state index in [-0.39, 0.29) is 17.6 Å². The Morgan fingerprint density at radius 1 is 1.30 bits per heavy atom. The number of amides is 1. The summed E-state index contributed by atoms with van der Waals surface area (Å²) >= 11 is 1.81. The molecule has 128 valence electrons. The molecule has 7 heteroatoms. The van der Waals surface area contributed by atoms with Crippen molar-refractivity contribution in [2.45, 2.75) is 39.2 Å². The molecule has 23 heavy (non-hydrogen) atoms. The van der Waals surface area contributed by atoms with Crippen molar-refractivity contribution in [2.75, 3.05) is 23.4 Å². The summed E-state index contributed by atoms with van der Waals surface area (Å²) in [4.78, 5) is 22.6. The van der Waals surface area contributed by atoms with Gasteiger partial charge in [-0.2, -0.15) is 11.8 Å². The van der Waals surface area contributed by atoms with Gasteiger partial charge in [0.1, 0.15) is 0 Å². The fourth-order valence-corrected chi connectivity index (χ4v) is 2.71. The number of hydrogen-bond donors (Lipinski definition) is 2. The zero-order valence-electron chi connectivity index (χ0n) is 13.7. The van der Waals surface area contributed by atoms with Crippen LogP contribution in [-0.4, -0.2) is 34.9 Å². The lowest BCUT2D eigenvalue weighted by Crippen LogP contribution is -2.41. The first-order chi connectivity index (χ1) is 11.1. The Morgan fingerprint density at radius 3 is 2.57 bits per heavy atom. The molecular weight excluding hydrogens is 314 g/mol. The molecule has 0 heterocycles. The molecule has 1 atom stereocenters. The van der Waals surface area contributed by atoms with Gasteiger partial charge in [0.25, 0.3) is 5.69 Å². The Morgan fingerprint density at radius 2 is 2.00 bits per heavy atom. The van der Waals surface area contributed by atoms with Crippen molar-refractivity contribution in [3.05, 3.63) is 34.4 Å². The van der Waals surface area contributed by atoms with Crippen LogP contribution in [0, 0.1) is 10.1 Å². The van der Waals surface area contributed by atoms with Gasteiger partial charge in [-0.25, -0.2) is 0 Å². The summed E-state index contributed by atoms with van der Waals surface area (Å²) in [5.74, 6) is 1.87. The van der Waals surface area contributed by atoms with Gasteiger partial charge in [0.15, 0.2) is 0 Å². The number of thioether (sulfide) groups is 1. The first kappa shape index (κ1) is 19.4. The predicted molar refractivity (Wildman–Crippen MR) is 96.0 cm³/mol. The second-order valence-corrected chi connectivity index (χ2v) is 6.53. The third kappa shape index (κ3) is 7.47. The van der Waals surface area contributed by atoms with Crippen LogP contribution >= 0.6 is 11.8 Å². The summed E-state index contributed by atoms with van der Waals surface area (Å²) in [5.41, 5.74) is 0.589. The van der Waals surface area contributed by atoms with E-state index in [1.807, 2.05) is 11.8 Å². The van der Waals surface area contributed by atoms with Gasteiger partial charge in [-0.1, -0.05) is 20.3 Å². The van der Waals surface area contributed by atoms with Crippen molar-refractivity contribution >= 4 is 29.0 Å². The van der Waals surface area contributed by atoms with Crippen molar-refractivity contribution in [1.82, 2.24) is 5.32 Å². The van der Waals surface area contributed by atoms with Crippen LogP contribution in [0.4, 0.5) is 11.4 Å². The Balaban J connectivity index is 2.61. The number of non-ortho nitro benzene ring substituents is 1. The van der Waals surface area contributed by atoms with Gasteiger partial charge >= 0.3 is 0 Å². The van der Waals surface area contributed by atoms with E-state index in [4.69, 9.17) is 0 Å². The Kier molecular flexibility index (Phi) is 9.31. The number of unbranched alkanes of at least 4 members (excludes halogenated alkanes) is 1. The minimum absolute atomic E-state index is 0.0139. The fraction of sp³-hybridized carbons (Fsp3) is 0.562. The minimum atomic E-state index is -0.456. The molecule has 1 aromatic carbocycles. The van der Waals surface area contributed by atoms with E-state index < -0.39 is 4.92 Å². The van der Waals surface area contributed by atoms with E-state index in [0.717, 1.165) is 37.3 Å². The monoisotopic (exact) mass is 339 g/mol. The molecule has 2 N–H and O–H groups in total. The highest BCUT2D eigenvalue weighted by Crippen LogP contribution is 2.16. The summed E-state index contributed by atoms with van der Waals surface area (Å²) < 4.78 is 0. The van der Waals surface area contributed by atoms with Crippen molar-refractivity contribution in [3.63, 3.8) is 0 Å². The summed E-state index contributed by atoms with van der Waals surface area (Å²) in [7, 11) is 0. The molecule has 0 aromatic heterocycles. The predicted octanol–water partition coefficient (Wildman–Crippen LogP) is 3.43. The molecule has 0 aliphatic carbocycles. The average molecular weight is 339 g/mol. The number of nitro benzene ring substituents is 1. The first-order valence-electron chi connectivity index (χ1n) is 7.94. The van der Waals surface area contributed by atoms with Gasteiger partial charge in [-0.3, -0.25) is 14.9 Å². The quantitative estimate of drug-likeness (QED) is 0.366. The third-order valence-electron chi connectivity index (χ3n) is 3.34. The topological polar surface area (TPSA) is 84.3 Å². The number of carbonyl (C=O) groups excluding carboxylic acids is 1. The maximum Gasteiger partial charge on any atom is 0.269 e. The maximum atomic E-state index is 12.4. The van der Waals surface area contributed by atoms with Gasteiger partial charge in [-0.15, -0.1) is 0 Å². The molecule has 1 rings (SSSR count). The van der Waals surface area contributed by atoms with E-state index in [2.05, 4.69) is 24.5 Å². The first-order valence-corrected chi connectivity index (χ1v) is 9.10. The van der Waals surface area contributed by atoms with E-state index in [9.17, 15) is 14.9 Å². The molecule has 0 unspecified atom stereocenters. The summed E-state index contributed by atoms with van der Waals surface area (Å²) in [6.45, 7) is 5.02. The van der Waals surface area contributed by atoms with Crippen LogP contribution in [0.1, 0.15) is 33.1 Å². The number of anilines is 1. The standard InChI is InChI=1S/C16H25N3O3S/c1-3-5-11-17-15(10-12-23-4-2)16(20)18-13-6-8-14(9-7-13)19(21)22/h6-9,15,17H,3-5,10-12H2,1-2H3,(H,18,20)/t15-/m0/s1. The molecule has 0 bridgehead atoms. The van der Waals surface area contributed by atoms with Gasteiger partial charge in [-0.05, 0) is 43.0 Å². The smallest absolute Gasteiger partial charge is 0.269 e. The lowest BCUT2D eigenvalue weighted by atomic mass is 10.2. The molecule has 0 spiro atoms. The lowest BCUT2D eigenvalue weighted by molar-refractivity contribution is -0.384. The van der Waals surface area contributed by atoms with E-state index in [1.165, 1.54) is 12.1 Å². The number of nitrogens with one attached hydrogen (secondary N) is 2. The number of nitro groups is 1. The van der Waals surface area contributed by atoms with Crippen LogP contribution in [0.15, 0.2) is 24.3 Å². The maximum absolute atomic E-state index is 12.4. The highest BCUT2D eigenvalue weighted by molar-refractivity contribution is 7.99. The second-order valence-electron chi connectivity index (χ2n) is 5.14. The summed E-state index contributed by atoms with van der Waals surface area (Å²) in [6, 6.07) is 5.65. The van der Waals surface area contributed by atoms with Crippen LogP contribution in [0.5, 0.6) is 0 Å². The van der Waals surface area contributed by atoms with Gasteiger partial charge in [0.05, 0.1) is 11.0 Å². The van der Waals surface area contributed by atoms with Gasteiger partial charge < -0.3 is 10.6 Å². The van der Waals surface area contributed by atoms with Crippen molar-refractivity contribution in [2.24, 2.45) is 0 Å². The SMILES string of the molecule is CCCCN[C@@H](CCSCC)C(=O)Nc1ccc([N+](=O)[O-])cc1. The minimum Gasteiger partial charge on any atom is -0.325 e. The molecule has 0 aliphatic heterocycles. The molecule has 0 saturated carbocycles. The number of hydrogen-bond acceptors (Lipinski definition) is 5. The molecular formula is C16H25N3O3S. The number of carbonyl (C=O) groups is 1. The lowest BCUT2D eigenvalue weighted by Gasteiger charge is -2.18. The highest BCUT2D eigenvalue weighted by Gasteiger charge is 2.17. The molecule has 0 fully saturated rings. The normalized spacial score (nSPS) is 11.9. The van der Waals surface area contributed by atoms with Crippen LogP contribution < -0.4 is 10.6 Å². The Hall–Kier alpha value is -1.60. The van der Waals surface area contributed by atoms with E-state index >= 15 is 0 Å². The van der Waals surface area contributed by atoms with Gasteiger partial charge in [0, 0.05) is 17.8 Å². The van der Waals surface area contributed by atoms with Crippen LogP contribution in [0.2, 0.25) is 0 Å². The number of rotatable bonds is 11. The zero-order valence-corrected chi connectivity index (χ0v) is 14.5. The summed E-state index contributed by atoms with van der Waals surface area (Å²) in [5, 5.41) is 16.8. The van der Waals surface area contributed by atoms with Gasteiger partial charge in [0.2, 0.25) is 5.91 Å². The van der Waals surface area contributed by atoms with Crippen LogP contribution in [-0.2, 0) is 4.79 Å². The average Bonchev–Trinajstić information content (AvgIpc) is 2.54.